The summed E-state index contributed by atoms with van der Waals surface area (Å²) in [4.78, 5) is 40.9. The highest BCUT2D eigenvalue weighted by Crippen LogP contribution is 2.21. The van der Waals surface area contributed by atoms with Crippen LogP contribution in [0.15, 0.2) is 84.9 Å². The van der Waals surface area contributed by atoms with Crippen LogP contribution < -0.4 is 10.2 Å². The molecular weight excluding hydrogens is 458 g/mol. The molecule has 36 heavy (non-hydrogen) atoms. The minimum Gasteiger partial charge on any atom is -0.481 e. The maximum absolute atomic E-state index is 13.5. The topological polar surface area (TPSA) is 99.2 Å². The zero-order chi connectivity index (χ0) is 25.3. The van der Waals surface area contributed by atoms with Crippen LogP contribution in [0.25, 0.3) is 0 Å². The van der Waals surface area contributed by atoms with Gasteiger partial charge in [-0.1, -0.05) is 72.8 Å². The van der Waals surface area contributed by atoms with Crippen molar-refractivity contribution in [2.24, 2.45) is 0 Å². The van der Waals surface area contributed by atoms with Crippen LogP contribution in [0.1, 0.15) is 22.7 Å². The molecule has 1 saturated heterocycles. The third-order valence-corrected chi connectivity index (χ3v) is 6.10. The average molecular weight is 488 g/mol. The van der Waals surface area contributed by atoms with Crippen LogP contribution in [0.5, 0.6) is 0 Å². The third kappa shape index (κ3) is 6.63. The number of nitrogens with zero attached hydrogens (tertiary/aromatic N) is 2. The zero-order valence-corrected chi connectivity index (χ0v) is 19.9. The van der Waals surface area contributed by atoms with Crippen molar-refractivity contribution in [1.29, 1.82) is 0 Å². The van der Waals surface area contributed by atoms with Crippen LogP contribution in [0.3, 0.4) is 0 Å². The number of hydrogen-bond acceptors (Lipinski definition) is 5. The van der Waals surface area contributed by atoms with E-state index in [1.165, 1.54) is 0 Å². The Labute approximate surface area is 210 Å². The minimum atomic E-state index is -0.861. The third-order valence-electron chi connectivity index (χ3n) is 6.10. The largest absolute Gasteiger partial charge is 0.481 e. The van der Waals surface area contributed by atoms with E-state index in [0.29, 0.717) is 31.7 Å². The molecule has 3 aromatic rings. The van der Waals surface area contributed by atoms with Gasteiger partial charge in [-0.3, -0.25) is 9.59 Å². The van der Waals surface area contributed by atoms with E-state index in [-0.39, 0.29) is 18.9 Å². The number of anilines is 1. The van der Waals surface area contributed by atoms with E-state index >= 15 is 0 Å². The molecule has 1 aliphatic heterocycles. The molecule has 1 aliphatic rings. The van der Waals surface area contributed by atoms with Crippen molar-refractivity contribution in [2.45, 2.75) is 19.1 Å². The number of carbonyl (C=O) groups is 3. The fourth-order valence-corrected chi connectivity index (χ4v) is 4.18. The van der Waals surface area contributed by atoms with E-state index in [4.69, 9.17) is 9.84 Å². The van der Waals surface area contributed by atoms with Gasteiger partial charge in [0.05, 0.1) is 6.42 Å². The highest BCUT2D eigenvalue weighted by molar-refractivity contribution is 5.87. The van der Waals surface area contributed by atoms with E-state index in [2.05, 4.69) is 10.2 Å². The van der Waals surface area contributed by atoms with Gasteiger partial charge in [-0.2, -0.15) is 0 Å². The maximum Gasteiger partial charge on any atom is 0.408 e. The number of carboxylic acid groups (broad SMARTS) is 1. The molecule has 0 unspecified atom stereocenters. The molecule has 8 nitrogen and oxygen atoms in total. The van der Waals surface area contributed by atoms with Crippen LogP contribution >= 0.6 is 0 Å². The Kier molecular flexibility index (Phi) is 8.18. The lowest BCUT2D eigenvalue weighted by Crippen LogP contribution is -2.52. The summed E-state index contributed by atoms with van der Waals surface area (Å²) >= 11 is 0. The number of carboxylic acids is 1. The summed E-state index contributed by atoms with van der Waals surface area (Å²) in [5.41, 5.74) is 3.28. The van der Waals surface area contributed by atoms with Crippen LogP contribution in [0.4, 0.5) is 10.5 Å². The van der Waals surface area contributed by atoms with E-state index in [9.17, 15) is 14.4 Å². The van der Waals surface area contributed by atoms with Crippen molar-refractivity contribution < 1.29 is 24.2 Å². The van der Waals surface area contributed by atoms with Gasteiger partial charge >= 0.3 is 12.1 Å². The lowest BCUT2D eigenvalue weighted by atomic mass is 10.1. The molecular formula is C28H29N3O5. The molecule has 0 bridgehead atoms. The van der Waals surface area contributed by atoms with E-state index in [1.54, 1.807) is 4.90 Å². The first-order valence-electron chi connectivity index (χ1n) is 11.9. The predicted octanol–water partition coefficient (Wildman–Crippen LogP) is 3.63. The number of nitrogens with one attached hydrogen (secondary N) is 1. The van der Waals surface area contributed by atoms with E-state index in [1.807, 2.05) is 84.9 Å². The standard InChI is InChI=1S/C28H29N3O5/c32-25(33)19-21-11-13-24(14-12-21)30-15-17-31(18-16-30)27(34)26(23-9-5-2-6-10-23)29-28(35)36-20-22-7-3-1-4-8-22/h1-14,26H,15-20H2,(H,29,35)(H,32,33)/t26-/m0/s1. The number of carbonyl (C=O) groups excluding carboxylic acids is 2. The highest BCUT2D eigenvalue weighted by atomic mass is 16.5. The molecule has 0 saturated carbocycles. The van der Waals surface area contributed by atoms with Crippen LogP contribution in [0.2, 0.25) is 0 Å². The lowest BCUT2D eigenvalue weighted by molar-refractivity contribution is -0.136. The molecule has 0 aromatic heterocycles. The highest BCUT2D eigenvalue weighted by Gasteiger charge is 2.30. The van der Waals surface area contributed by atoms with Crippen molar-refractivity contribution >= 4 is 23.7 Å². The molecule has 8 heteroatoms. The molecule has 0 aliphatic carbocycles. The molecule has 2 amide bonds. The van der Waals surface area contributed by atoms with Crippen molar-refractivity contribution in [2.75, 3.05) is 31.1 Å². The SMILES string of the molecule is O=C(O)Cc1ccc(N2CCN(C(=O)[C@@H](NC(=O)OCc3ccccc3)c3ccccc3)CC2)cc1. The Hall–Kier alpha value is -4.33. The van der Waals surface area contributed by atoms with Gasteiger partial charge in [0.2, 0.25) is 5.91 Å². The normalized spacial score (nSPS) is 14.1. The molecule has 3 aromatic carbocycles. The molecule has 1 fully saturated rings. The predicted molar refractivity (Wildman–Crippen MR) is 136 cm³/mol. The number of benzene rings is 3. The van der Waals surface area contributed by atoms with Gasteiger partial charge in [-0.15, -0.1) is 0 Å². The first-order chi connectivity index (χ1) is 17.5. The summed E-state index contributed by atoms with van der Waals surface area (Å²) in [7, 11) is 0. The Morgan fingerprint density at radius 3 is 2.03 bits per heavy atom. The number of aliphatic carboxylic acids is 1. The van der Waals surface area contributed by atoms with Crippen LogP contribution in [-0.2, 0) is 27.4 Å². The average Bonchev–Trinajstić information content (AvgIpc) is 2.91. The minimum absolute atomic E-state index is 0.00971. The Morgan fingerprint density at radius 1 is 0.806 bits per heavy atom. The molecule has 1 heterocycles. The number of hydrogen-bond donors (Lipinski definition) is 2. The van der Waals surface area contributed by atoms with Gasteiger partial charge < -0.3 is 25.0 Å². The summed E-state index contributed by atoms with van der Waals surface area (Å²) in [6, 6.07) is 25.1. The van der Waals surface area contributed by atoms with E-state index in [0.717, 1.165) is 16.8 Å². The van der Waals surface area contributed by atoms with Gasteiger partial charge in [0.15, 0.2) is 0 Å². The van der Waals surface area contributed by atoms with Crippen molar-refractivity contribution in [1.82, 2.24) is 10.2 Å². The quantitative estimate of drug-likeness (QED) is 0.504. The van der Waals surface area contributed by atoms with Crippen LogP contribution in [0, 0.1) is 0 Å². The number of rotatable bonds is 8. The second kappa shape index (κ2) is 11.9. The molecule has 0 spiro atoms. The molecule has 0 radical (unpaired) electrons. The summed E-state index contributed by atoms with van der Waals surface area (Å²) in [6.45, 7) is 2.37. The second-order valence-electron chi connectivity index (χ2n) is 8.60. The lowest BCUT2D eigenvalue weighted by Gasteiger charge is -2.37. The zero-order valence-electron chi connectivity index (χ0n) is 19.9. The molecule has 2 N–H and O–H groups in total. The Balaban J connectivity index is 1.37. The molecule has 4 rings (SSSR count). The Bertz CT molecular complexity index is 1160. The Morgan fingerprint density at radius 2 is 1.42 bits per heavy atom. The molecule has 1 atom stereocenters. The second-order valence-corrected chi connectivity index (χ2v) is 8.60. The summed E-state index contributed by atoms with van der Waals surface area (Å²) < 4.78 is 5.36. The number of amides is 2. The van der Waals surface area contributed by atoms with Crippen molar-refractivity contribution in [3.8, 4) is 0 Å². The first-order valence-corrected chi connectivity index (χ1v) is 11.9. The fraction of sp³-hybridized carbons (Fsp3) is 0.250. The first kappa shape index (κ1) is 24.8. The van der Waals surface area contributed by atoms with Gasteiger partial charge in [-0.05, 0) is 28.8 Å². The number of alkyl carbamates (subject to hydrolysis) is 1. The fourth-order valence-electron chi connectivity index (χ4n) is 4.18. The van der Waals surface area contributed by atoms with Crippen molar-refractivity contribution in [3.05, 3.63) is 102 Å². The number of piperazine rings is 1. The number of ether oxygens (including phenoxy) is 1. The van der Waals surface area contributed by atoms with Gasteiger partial charge in [0, 0.05) is 31.9 Å². The van der Waals surface area contributed by atoms with E-state index < -0.39 is 18.1 Å². The van der Waals surface area contributed by atoms with Gasteiger partial charge in [0.25, 0.3) is 0 Å². The molecule has 186 valence electrons. The maximum atomic E-state index is 13.5. The summed E-state index contributed by atoms with van der Waals surface area (Å²) in [5, 5.41) is 11.7. The summed E-state index contributed by atoms with van der Waals surface area (Å²) in [5.74, 6) is -1.05. The van der Waals surface area contributed by atoms with Crippen LogP contribution in [-0.4, -0.2) is 54.2 Å². The van der Waals surface area contributed by atoms with Gasteiger partial charge in [-0.25, -0.2) is 4.79 Å². The summed E-state index contributed by atoms with van der Waals surface area (Å²) in [6.07, 6.45) is -0.661. The van der Waals surface area contributed by atoms with Gasteiger partial charge in [0.1, 0.15) is 12.6 Å². The van der Waals surface area contributed by atoms with Crippen molar-refractivity contribution in [3.63, 3.8) is 0 Å². The smallest absolute Gasteiger partial charge is 0.408 e. The monoisotopic (exact) mass is 487 g/mol.